The molecule has 1 aromatic heterocycles. The Hall–Kier alpha value is -2.96. The summed E-state index contributed by atoms with van der Waals surface area (Å²) in [7, 11) is 0. The Morgan fingerprint density at radius 1 is 1.20 bits per heavy atom. The molecule has 1 aliphatic heterocycles. The van der Waals surface area contributed by atoms with E-state index in [1.807, 2.05) is 29.2 Å². The molecule has 1 fully saturated rings. The van der Waals surface area contributed by atoms with Crippen molar-refractivity contribution in [1.82, 2.24) is 15.2 Å². The molecule has 1 aromatic carbocycles. The van der Waals surface area contributed by atoms with Crippen LogP contribution in [0.1, 0.15) is 24.0 Å². The SMILES string of the molecule is O=C(NCc1ccc(CN2CCCC2=O)cc1)Nc1ncccc1F. The van der Waals surface area contributed by atoms with E-state index in [0.29, 0.717) is 19.5 Å². The lowest BCUT2D eigenvalue weighted by Crippen LogP contribution is -2.29. The summed E-state index contributed by atoms with van der Waals surface area (Å²) in [6.07, 6.45) is 2.96. The molecule has 0 saturated carbocycles. The molecule has 0 unspecified atom stereocenters. The number of carbonyl (C=O) groups excluding carboxylic acids is 2. The van der Waals surface area contributed by atoms with Crippen molar-refractivity contribution in [1.29, 1.82) is 0 Å². The summed E-state index contributed by atoms with van der Waals surface area (Å²) in [6, 6.07) is 9.85. The monoisotopic (exact) mass is 342 g/mol. The maximum Gasteiger partial charge on any atom is 0.320 e. The number of pyridine rings is 1. The number of amides is 3. The van der Waals surface area contributed by atoms with Crippen LogP contribution in [0.5, 0.6) is 0 Å². The molecular formula is C18H19FN4O2. The van der Waals surface area contributed by atoms with Gasteiger partial charge >= 0.3 is 6.03 Å². The number of halogens is 1. The van der Waals surface area contributed by atoms with E-state index in [2.05, 4.69) is 15.6 Å². The number of nitrogens with one attached hydrogen (secondary N) is 2. The van der Waals surface area contributed by atoms with Gasteiger partial charge in [0.05, 0.1) is 0 Å². The fraction of sp³-hybridized carbons (Fsp3) is 0.278. The molecule has 25 heavy (non-hydrogen) atoms. The highest BCUT2D eigenvalue weighted by atomic mass is 19.1. The van der Waals surface area contributed by atoms with Gasteiger partial charge in [0.2, 0.25) is 5.91 Å². The second-order valence-electron chi connectivity index (χ2n) is 5.88. The highest BCUT2D eigenvalue weighted by Gasteiger charge is 2.19. The van der Waals surface area contributed by atoms with Crippen LogP contribution in [0, 0.1) is 5.82 Å². The summed E-state index contributed by atoms with van der Waals surface area (Å²) in [5.41, 5.74) is 1.96. The van der Waals surface area contributed by atoms with Crippen LogP contribution < -0.4 is 10.6 Å². The number of benzene rings is 1. The molecule has 0 aliphatic carbocycles. The van der Waals surface area contributed by atoms with E-state index in [9.17, 15) is 14.0 Å². The van der Waals surface area contributed by atoms with E-state index in [1.165, 1.54) is 18.3 Å². The number of carbonyl (C=O) groups is 2. The predicted octanol–water partition coefficient (Wildman–Crippen LogP) is 2.66. The Labute approximate surface area is 145 Å². The van der Waals surface area contributed by atoms with E-state index < -0.39 is 11.8 Å². The van der Waals surface area contributed by atoms with Gasteiger partial charge in [-0.05, 0) is 29.7 Å². The van der Waals surface area contributed by atoms with Crippen LogP contribution in [0.4, 0.5) is 15.0 Å². The molecule has 6 nitrogen and oxygen atoms in total. The minimum Gasteiger partial charge on any atom is -0.338 e. The maximum absolute atomic E-state index is 13.4. The van der Waals surface area contributed by atoms with Crippen molar-refractivity contribution >= 4 is 17.8 Å². The van der Waals surface area contributed by atoms with Gasteiger partial charge in [0, 0.05) is 32.3 Å². The molecule has 130 valence electrons. The standard InChI is InChI=1S/C18H19FN4O2/c19-15-3-1-9-20-17(15)22-18(25)21-11-13-5-7-14(8-6-13)12-23-10-2-4-16(23)24/h1,3,5-9H,2,4,10-12H2,(H2,20,21,22,25). The van der Waals surface area contributed by atoms with Gasteiger partial charge in [-0.3, -0.25) is 10.1 Å². The topological polar surface area (TPSA) is 74.3 Å². The number of aromatic nitrogens is 1. The van der Waals surface area contributed by atoms with Gasteiger partial charge in [-0.2, -0.15) is 0 Å². The molecular weight excluding hydrogens is 323 g/mol. The fourth-order valence-electron chi connectivity index (χ4n) is 2.67. The summed E-state index contributed by atoms with van der Waals surface area (Å²) in [6.45, 7) is 1.74. The normalized spacial score (nSPS) is 13.8. The minimum atomic E-state index is -0.585. The number of urea groups is 1. The summed E-state index contributed by atoms with van der Waals surface area (Å²) >= 11 is 0. The molecule has 1 saturated heterocycles. The van der Waals surface area contributed by atoms with E-state index in [-0.39, 0.29) is 11.7 Å². The quantitative estimate of drug-likeness (QED) is 0.877. The van der Waals surface area contributed by atoms with E-state index >= 15 is 0 Å². The van der Waals surface area contributed by atoms with Crippen LogP contribution in [0.15, 0.2) is 42.6 Å². The first-order chi connectivity index (χ1) is 12.1. The molecule has 3 amide bonds. The van der Waals surface area contributed by atoms with E-state index in [1.54, 1.807) is 0 Å². The lowest BCUT2D eigenvalue weighted by molar-refractivity contribution is -0.128. The lowest BCUT2D eigenvalue weighted by atomic mass is 10.1. The van der Waals surface area contributed by atoms with E-state index in [0.717, 1.165) is 24.1 Å². The molecule has 7 heteroatoms. The average Bonchev–Trinajstić information content (AvgIpc) is 3.01. The van der Waals surface area contributed by atoms with Crippen LogP contribution in [0.25, 0.3) is 0 Å². The van der Waals surface area contributed by atoms with Crippen LogP contribution in [0.2, 0.25) is 0 Å². The number of hydrogen-bond donors (Lipinski definition) is 2. The first kappa shape index (κ1) is 16.9. The van der Waals surface area contributed by atoms with Crippen molar-refractivity contribution < 1.29 is 14.0 Å². The first-order valence-electron chi connectivity index (χ1n) is 8.13. The zero-order valence-corrected chi connectivity index (χ0v) is 13.7. The molecule has 0 spiro atoms. The average molecular weight is 342 g/mol. The second-order valence-corrected chi connectivity index (χ2v) is 5.88. The summed E-state index contributed by atoms with van der Waals surface area (Å²) in [5, 5.41) is 5.02. The molecule has 0 atom stereocenters. The number of hydrogen-bond acceptors (Lipinski definition) is 3. The van der Waals surface area contributed by atoms with Crippen LogP contribution in [-0.4, -0.2) is 28.4 Å². The Kier molecular flexibility index (Phi) is 5.23. The third kappa shape index (κ3) is 4.53. The van der Waals surface area contributed by atoms with E-state index in [4.69, 9.17) is 0 Å². The van der Waals surface area contributed by atoms with Gasteiger partial charge in [-0.15, -0.1) is 0 Å². The highest BCUT2D eigenvalue weighted by molar-refractivity contribution is 5.88. The van der Waals surface area contributed by atoms with Crippen molar-refractivity contribution in [3.8, 4) is 0 Å². The third-order valence-electron chi connectivity index (χ3n) is 4.01. The molecule has 3 rings (SSSR count). The largest absolute Gasteiger partial charge is 0.338 e. The Bertz CT molecular complexity index is 764. The number of likely N-dealkylation sites (tertiary alicyclic amines) is 1. The van der Waals surface area contributed by atoms with Crippen molar-refractivity contribution in [2.75, 3.05) is 11.9 Å². The molecule has 0 bridgehead atoms. The number of nitrogens with zero attached hydrogens (tertiary/aromatic N) is 2. The Balaban J connectivity index is 1.49. The molecule has 1 aliphatic rings. The predicted molar refractivity (Wildman–Crippen MR) is 91.1 cm³/mol. The van der Waals surface area contributed by atoms with Crippen molar-refractivity contribution in [2.45, 2.75) is 25.9 Å². The van der Waals surface area contributed by atoms with Gasteiger partial charge in [-0.1, -0.05) is 24.3 Å². The number of anilines is 1. The molecule has 2 aromatic rings. The number of rotatable bonds is 5. The zero-order valence-electron chi connectivity index (χ0n) is 13.7. The maximum atomic E-state index is 13.4. The van der Waals surface area contributed by atoms with Crippen LogP contribution >= 0.6 is 0 Å². The smallest absolute Gasteiger partial charge is 0.320 e. The van der Waals surface area contributed by atoms with Gasteiger partial charge < -0.3 is 10.2 Å². The Morgan fingerprint density at radius 3 is 2.64 bits per heavy atom. The van der Waals surface area contributed by atoms with Crippen molar-refractivity contribution in [2.24, 2.45) is 0 Å². The summed E-state index contributed by atoms with van der Waals surface area (Å²) in [4.78, 5) is 29.0. The fourth-order valence-corrected chi connectivity index (χ4v) is 2.67. The molecule has 0 radical (unpaired) electrons. The van der Waals surface area contributed by atoms with Crippen molar-refractivity contribution in [3.63, 3.8) is 0 Å². The van der Waals surface area contributed by atoms with Gasteiger partial charge in [0.25, 0.3) is 0 Å². The van der Waals surface area contributed by atoms with Crippen molar-refractivity contribution in [3.05, 3.63) is 59.5 Å². The van der Waals surface area contributed by atoms with Gasteiger partial charge in [0.1, 0.15) is 0 Å². The summed E-state index contributed by atoms with van der Waals surface area (Å²) in [5.74, 6) is -0.492. The molecule has 2 heterocycles. The van der Waals surface area contributed by atoms with Gasteiger partial charge in [0.15, 0.2) is 11.6 Å². The lowest BCUT2D eigenvalue weighted by Gasteiger charge is -2.15. The minimum absolute atomic E-state index is 0.106. The first-order valence-corrected chi connectivity index (χ1v) is 8.13. The molecule has 2 N–H and O–H groups in total. The highest BCUT2D eigenvalue weighted by Crippen LogP contribution is 2.15. The third-order valence-corrected chi connectivity index (χ3v) is 4.01. The second kappa shape index (κ2) is 7.74. The summed E-state index contributed by atoms with van der Waals surface area (Å²) < 4.78 is 13.4. The van der Waals surface area contributed by atoms with Gasteiger partial charge in [-0.25, -0.2) is 14.2 Å². The Morgan fingerprint density at radius 2 is 1.96 bits per heavy atom. The van der Waals surface area contributed by atoms with Crippen LogP contribution in [0.3, 0.4) is 0 Å². The zero-order chi connectivity index (χ0) is 17.6. The van der Waals surface area contributed by atoms with Crippen LogP contribution in [-0.2, 0) is 17.9 Å².